The molecule has 0 unspecified atom stereocenters. The summed E-state index contributed by atoms with van der Waals surface area (Å²) in [6.07, 6.45) is -3.00. The molecule has 1 aromatic heterocycles. The third-order valence-corrected chi connectivity index (χ3v) is 1.55. The average molecular weight is 204 g/mol. The molecule has 1 heterocycles. The van der Waals surface area contributed by atoms with Crippen molar-refractivity contribution in [2.75, 3.05) is 5.73 Å². The molecule has 0 aliphatic rings. The van der Waals surface area contributed by atoms with Crippen molar-refractivity contribution in [3.8, 4) is 0 Å². The van der Waals surface area contributed by atoms with Crippen molar-refractivity contribution in [2.24, 2.45) is 0 Å². The summed E-state index contributed by atoms with van der Waals surface area (Å²) in [5.74, 6) is -1.63. The number of nitrogens with two attached hydrogens (primary N) is 1. The van der Waals surface area contributed by atoms with Crippen molar-refractivity contribution in [3.05, 3.63) is 27.7 Å². The summed E-state index contributed by atoms with van der Waals surface area (Å²) in [7, 11) is 0. The van der Waals surface area contributed by atoms with Crippen molar-refractivity contribution in [3.63, 3.8) is 0 Å². The summed E-state index contributed by atoms with van der Waals surface area (Å²) >= 11 is 0. The van der Waals surface area contributed by atoms with Gasteiger partial charge in [-0.15, -0.1) is 0 Å². The Bertz CT molecular complexity index is 427. The molecule has 7 heteroatoms. The van der Waals surface area contributed by atoms with Crippen LogP contribution in [0, 0.1) is 0 Å². The number of aromatic carboxylic acids is 1. The van der Waals surface area contributed by atoms with Gasteiger partial charge in [-0.2, -0.15) is 0 Å². The van der Waals surface area contributed by atoms with Gasteiger partial charge in [-0.05, 0) is 6.07 Å². The van der Waals surface area contributed by atoms with E-state index in [0.29, 0.717) is 6.07 Å². The number of halogens is 2. The number of alkyl halides is 2. The highest BCUT2D eigenvalue weighted by atomic mass is 19.3. The zero-order chi connectivity index (χ0) is 10.9. The van der Waals surface area contributed by atoms with E-state index in [-0.39, 0.29) is 0 Å². The topological polar surface area (TPSA) is 96.2 Å². The first kappa shape index (κ1) is 10.2. The van der Waals surface area contributed by atoms with Gasteiger partial charge >= 0.3 is 5.97 Å². The number of nitrogens with one attached hydrogen (secondary N) is 1. The van der Waals surface area contributed by atoms with Crippen molar-refractivity contribution in [2.45, 2.75) is 6.43 Å². The lowest BCUT2D eigenvalue weighted by atomic mass is 10.2. The number of rotatable bonds is 2. The van der Waals surface area contributed by atoms with Gasteiger partial charge in [0.1, 0.15) is 5.69 Å². The Morgan fingerprint density at radius 2 is 2.14 bits per heavy atom. The first-order valence-electron chi connectivity index (χ1n) is 3.47. The molecule has 0 aliphatic heterocycles. The molecule has 0 bridgehead atoms. The fraction of sp³-hybridized carbons (Fsp3) is 0.143. The minimum Gasteiger partial charge on any atom is -0.477 e. The monoisotopic (exact) mass is 204 g/mol. The Morgan fingerprint density at radius 1 is 1.57 bits per heavy atom. The van der Waals surface area contributed by atoms with Gasteiger partial charge < -0.3 is 15.8 Å². The Morgan fingerprint density at radius 3 is 2.57 bits per heavy atom. The van der Waals surface area contributed by atoms with Crippen LogP contribution >= 0.6 is 0 Å². The summed E-state index contributed by atoms with van der Waals surface area (Å²) < 4.78 is 24.5. The second kappa shape index (κ2) is 3.44. The van der Waals surface area contributed by atoms with Gasteiger partial charge in [-0.1, -0.05) is 0 Å². The van der Waals surface area contributed by atoms with E-state index < -0.39 is 34.9 Å². The Labute approximate surface area is 76.2 Å². The highest BCUT2D eigenvalue weighted by molar-refractivity contribution is 5.87. The van der Waals surface area contributed by atoms with Crippen LogP contribution in [0.3, 0.4) is 0 Å². The van der Waals surface area contributed by atoms with Gasteiger partial charge in [0.15, 0.2) is 0 Å². The molecule has 14 heavy (non-hydrogen) atoms. The summed E-state index contributed by atoms with van der Waals surface area (Å²) in [6.45, 7) is 0. The minimum atomic E-state index is -3.00. The molecule has 0 amide bonds. The van der Waals surface area contributed by atoms with Gasteiger partial charge in [-0.25, -0.2) is 13.6 Å². The number of hydrogen-bond acceptors (Lipinski definition) is 3. The van der Waals surface area contributed by atoms with Crippen LogP contribution in [0.15, 0.2) is 10.9 Å². The maximum Gasteiger partial charge on any atom is 0.352 e. The zero-order valence-corrected chi connectivity index (χ0v) is 6.75. The van der Waals surface area contributed by atoms with E-state index in [9.17, 15) is 18.4 Å². The molecule has 0 fully saturated rings. The predicted molar refractivity (Wildman–Crippen MR) is 43.4 cm³/mol. The molecule has 0 atom stereocenters. The zero-order valence-electron chi connectivity index (χ0n) is 6.75. The number of aromatic amines is 1. The first-order chi connectivity index (χ1) is 6.43. The predicted octanol–water partition coefficient (Wildman–Crippen LogP) is 0.593. The van der Waals surface area contributed by atoms with Crippen LogP contribution in [0.1, 0.15) is 22.5 Å². The van der Waals surface area contributed by atoms with E-state index in [2.05, 4.69) is 0 Å². The molecule has 0 saturated carbocycles. The summed E-state index contributed by atoms with van der Waals surface area (Å²) in [5.41, 5.74) is 2.09. The number of hydrogen-bond donors (Lipinski definition) is 3. The van der Waals surface area contributed by atoms with Crippen LogP contribution in [0.25, 0.3) is 0 Å². The molecule has 5 nitrogen and oxygen atoms in total. The van der Waals surface area contributed by atoms with Crippen LogP contribution in [-0.4, -0.2) is 16.1 Å². The van der Waals surface area contributed by atoms with E-state index in [1.165, 1.54) is 0 Å². The number of carboxylic acids is 1. The van der Waals surface area contributed by atoms with Gasteiger partial charge in [-0.3, -0.25) is 4.79 Å². The fourth-order valence-electron chi connectivity index (χ4n) is 0.912. The molecule has 1 aromatic rings. The SMILES string of the molecule is Nc1cc(C(F)F)c(C(=O)O)[nH]c1=O. The van der Waals surface area contributed by atoms with E-state index in [1.807, 2.05) is 0 Å². The van der Waals surface area contributed by atoms with E-state index >= 15 is 0 Å². The molecule has 0 saturated heterocycles. The molecule has 0 radical (unpaired) electrons. The Hall–Kier alpha value is -1.92. The smallest absolute Gasteiger partial charge is 0.352 e. The van der Waals surface area contributed by atoms with E-state index in [1.54, 1.807) is 4.98 Å². The summed E-state index contributed by atoms with van der Waals surface area (Å²) in [6, 6.07) is 0.660. The molecule has 76 valence electrons. The molecular weight excluding hydrogens is 198 g/mol. The van der Waals surface area contributed by atoms with Crippen molar-refractivity contribution in [1.29, 1.82) is 0 Å². The molecule has 4 N–H and O–H groups in total. The molecular formula is C7H6F2N2O3. The van der Waals surface area contributed by atoms with Crippen molar-refractivity contribution in [1.82, 2.24) is 4.98 Å². The highest BCUT2D eigenvalue weighted by Gasteiger charge is 2.20. The lowest BCUT2D eigenvalue weighted by Crippen LogP contribution is -2.19. The molecule has 0 spiro atoms. The van der Waals surface area contributed by atoms with Gasteiger partial charge in [0.05, 0.1) is 11.3 Å². The third-order valence-electron chi connectivity index (χ3n) is 1.55. The van der Waals surface area contributed by atoms with E-state index in [0.717, 1.165) is 0 Å². The fourth-order valence-corrected chi connectivity index (χ4v) is 0.912. The standard InChI is InChI=1S/C7H6F2N2O3/c8-5(9)2-1-3(10)6(12)11-4(2)7(13)14/h1,5H,10H2,(H,11,12)(H,13,14). The largest absolute Gasteiger partial charge is 0.477 e. The second-order valence-electron chi connectivity index (χ2n) is 2.49. The number of pyridine rings is 1. The van der Waals surface area contributed by atoms with Crippen LogP contribution in [0.4, 0.5) is 14.5 Å². The second-order valence-corrected chi connectivity index (χ2v) is 2.49. The Balaban J connectivity index is 3.47. The number of H-pyrrole nitrogens is 1. The van der Waals surface area contributed by atoms with Gasteiger partial charge in [0.2, 0.25) is 0 Å². The van der Waals surface area contributed by atoms with Gasteiger partial charge in [0, 0.05) is 0 Å². The van der Waals surface area contributed by atoms with Crippen molar-refractivity contribution >= 4 is 11.7 Å². The number of carbonyl (C=O) groups is 1. The maximum atomic E-state index is 12.3. The number of nitrogen functional groups attached to an aromatic ring is 1. The van der Waals surface area contributed by atoms with Crippen LogP contribution in [0.5, 0.6) is 0 Å². The van der Waals surface area contributed by atoms with Crippen molar-refractivity contribution < 1.29 is 18.7 Å². The lowest BCUT2D eigenvalue weighted by Gasteiger charge is -2.04. The quantitative estimate of drug-likeness (QED) is 0.656. The number of aromatic nitrogens is 1. The van der Waals surface area contributed by atoms with E-state index in [4.69, 9.17) is 10.8 Å². The molecule has 0 aromatic carbocycles. The third kappa shape index (κ3) is 1.70. The normalized spacial score (nSPS) is 10.5. The summed E-state index contributed by atoms with van der Waals surface area (Å²) in [5, 5.41) is 8.49. The van der Waals surface area contributed by atoms with Crippen LogP contribution < -0.4 is 11.3 Å². The first-order valence-corrected chi connectivity index (χ1v) is 3.47. The summed E-state index contributed by atoms with van der Waals surface area (Å²) in [4.78, 5) is 23.0. The Kier molecular flexibility index (Phi) is 2.50. The van der Waals surface area contributed by atoms with Gasteiger partial charge in [0.25, 0.3) is 12.0 Å². The maximum absolute atomic E-state index is 12.3. The van der Waals surface area contributed by atoms with Crippen LogP contribution in [-0.2, 0) is 0 Å². The average Bonchev–Trinajstić information content (AvgIpc) is 2.08. The minimum absolute atomic E-state index is 0.440. The molecule has 0 aliphatic carbocycles. The molecule has 1 rings (SSSR count). The van der Waals surface area contributed by atoms with Crippen LogP contribution in [0.2, 0.25) is 0 Å². The number of carboxylic acid groups (broad SMARTS) is 1. The number of anilines is 1. The highest BCUT2D eigenvalue weighted by Crippen LogP contribution is 2.21. The lowest BCUT2D eigenvalue weighted by molar-refractivity contribution is 0.0677.